The molecular formula is C17H17ClN4O2S2. The maximum atomic E-state index is 12.3. The summed E-state index contributed by atoms with van der Waals surface area (Å²) in [5.41, 5.74) is 1.04. The Kier molecular flexibility index (Phi) is 6.54. The zero-order valence-electron chi connectivity index (χ0n) is 14.0. The molecule has 9 heteroatoms. The van der Waals surface area contributed by atoms with E-state index in [2.05, 4.69) is 15.5 Å². The van der Waals surface area contributed by atoms with Crippen molar-refractivity contribution in [2.45, 2.75) is 17.4 Å². The lowest BCUT2D eigenvalue weighted by atomic mass is 10.2. The fourth-order valence-electron chi connectivity index (χ4n) is 2.10. The Hall–Kier alpha value is -2.03. The van der Waals surface area contributed by atoms with Crippen LogP contribution in [-0.2, 0) is 17.9 Å². The number of thioether (sulfide) groups is 1. The minimum atomic E-state index is 0.0326. The lowest BCUT2D eigenvalue weighted by Gasteiger charge is -2.16. The SMILES string of the molecule is CN(Cc1ccc(Cl)cc1)C(=O)CSc1nnc(NCc2ccco2)s1. The number of amides is 1. The van der Waals surface area contributed by atoms with E-state index in [0.29, 0.717) is 29.0 Å². The van der Waals surface area contributed by atoms with Gasteiger partial charge in [0.05, 0.1) is 18.6 Å². The number of aromatic nitrogens is 2. The Bertz CT molecular complexity index is 837. The van der Waals surface area contributed by atoms with Gasteiger partial charge in [-0.25, -0.2) is 0 Å². The normalized spacial score (nSPS) is 10.7. The summed E-state index contributed by atoms with van der Waals surface area (Å²) in [7, 11) is 1.79. The van der Waals surface area contributed by atoms with E-state index in [1.54, 1.807) is 18.2 Å². The molecule has 0 saturated carbocycles. The van der Waals surface area contributed by atoms with E-state index >= 15 is 0 Å². The highest BCUT2D eigenvalue weighted by atomic mass is 35.5. The molecule has 2 aromatic heterocycles. The third-order valence-corrected chi connectivity index (χ3v) is 5.73. The molecule has 0 spiro atoms. The van der Waals surface area contributed by atoms with Crippen molar-refractivity contribution in [3.8, 4) is 0 Å². The Morgan fingerprint density at radius 2 is 2.12 bits per heavy atom. The largest absolute Gasteiger partial charge is 0.467 e. The number of rotatable bonds is 8. The van der Waals surface area contributed by atoms with Gasteiger partial charge in [0.1, 0.15) is 5.76 Å². The van der Waals surface area contributed by atoms with E-state index in [1.807, 2.05) is 36.4 Å². The van der Waals surface area contributed by atoms with Crippen molar-refractivity contribution in [3.05, 3.63) is 59.0 Å². The van der Waals surface area contributed by atoms with Crippen molar-refractivity contribution in [2.24, 2.45) is 0 Å². The molecule has 0 fully saturated rings. The van der Waals surface area contributed by atoms with Gasteiger partial charge in [0, 0.05) is 18.6 Å². The first kappa shape index (κ1) is 18.8. The van der Waals surface area contributed by atoms with E-state index in [1.165, 1.54) is 23.1 Å². The number of hydrogen-bond acceptors (Lipinski definition) is 7. The van der Waals surface area contributed by atoms with Crippen LogP contribution in [0, 0.1) is 0 Å². The highest BCUT2D eigenvalue weighted by molar-refractivity contribution is 8.01. The van der Waals surface area contributed by atoms with Crippen molar-refractivity contribution in [2.75, 3.05) is 18.1 Å². The smallest absolute Gasteiger partial charge is 0.233 e. The van der Waals surface area contributed by atoms with E-state index in [4.69, 9.17) is 16.0 Å². The Morgan fingerprint density at radius 3 is 2.85 bits per heavy atom. The Balaban J connectivity index is 1.44. The van der Waals surface area contributed by atoms with Gasteiger partial charge in [-0.2, -0.15) is 0 Å². The molecule has 1 amide bonds. The van der Waals surface area contributed by atoms with Gasteiger partial charge in [-0.1, -0.05) is 46.8 Å². The number of furan rings is 1. The molecule has 0 aliphatic rings. The molecular weight excluding hydrogens is 392 g/mol. The molecule has 0 unspecified atom stereocenters. The fraction of sp³-hybridized carbons (Fsp3) is 0.235. The highest BCUT2D eigenvalue weighted by Crippen LogP contribution is 2.26. The second-order valence-corrected chi connectivity index (χ2v) is 8.11. The molecule has 0 bridgehead atoms. The molecule has 2 heterocycles. The van der Waals surface area contributed by atoms with E-state index in [-0.39, 0.29) is 5.91 Å². The van der Waals surface area contributed by atoms with Crippen LogP contribution < -0.4 is 5.32 Å². The zero-order valence-corrected chi connectivity index (χ0v) is 16.4. The molecule has 3 aromatic rings. The van der Waals surface area contributed by atoms with Gasteiger partial charge < -0.3 is 14.6 Å². The van der Waals surface area contributed by atoms with Gasteiger partial charge in [0.15, 0.2) is 4.34 Å². The van der Waals surface area contributed by atoms with Gasteiger partial charge >= 0.3 is 0 Å². The van der Waals surface area contributed by atoms with Crippen LogP contribution >= 0.6 is 34.7 Å². The summed E-state index contributed by atoms with van der Waals surface area (Å²) in [4.78, 5) is 14.0. The Labute approximate surface area is 164 Å². The summed E-state index contributed by atoms with van der Waals surface area (Å²) in [6.45, 7) is 1.09. The van der Waals surface area contributed by atoms with E-state index in [0.717, 1.165) is 15.7 Å². The maximum absolute atomic E-state index is 12.3. The number of anilines is 1. The molecule has 6 nitrogen and oxygen atoms in total. The molecule has 0 saturated heterocycles. The highest BCUT2D eigenvalue weighted by Gasteiger charge is 2.12. The quantitative estimate of drug-likeness (QED) is 0.564. The number of benzene rings is 1. The number of halogens is 1. The molecule has 1 N–H and O–H groups in total. The van der Waals surface area contributed by atoms with Gasteiger partial charge in [-0.15, -0.1) is 10.2 Å². The zero-order chi connectivity index (χ0) is 18.4. The molecule has 0 aliphatic heterocycles. The second-order valence-electron chi connectivity index (χ2n) is 5.47. The number of carbonyl (C=O) groups is 1. The fourth-order valence-corrected chi connectivity index (χ4v) is 3.92. The van der Waals surface area contributed by atoms with Crippen molar-refractivity contribution in [1.29, 1.82) is 0 Å². The molecule has 1 aromatic carbocycles. The van der Waals surface area contributed by atoms with Gasteiger partial charge in [0.25, 0.3) is 0 Å². The molecule has 0 aliphatic carbocycles. The summed E-state index contributed by atoms with van der Waals surface area (Å²) in [6, 6.07) is 11.2. The first-order valence-corrected chi connectivity index (χ1v) is 9.99. The Morgan fingerprint density at radius 1 is 1.31 bits per heavy atom. The molecule has 3 rings (SSSR count). The minimum Gasteiger partial charge on any atom is -0.467 e. The summed E-state index contributed by atoms with van der Waals surface area (Å²) in [5, 5.41) is 12.7. The third-order valence-electron chi connectivity index (χ3n) is 3.48. The predicted molar refractivity (Wildman–Crippen MR) is 105 cm³/mol. The van der Waals surface area contributed by atoms with Gasteiger partial charge in [-0.05, 0) is 29.8 Å². The monoisotopic (exact) mass is 408 g/mol. The van der Waals surface area contributed by atoms with Gasteiger partial charge in [-0.3, -0.25) is 4.79 Å². The second kappa shape index (κ2) is 9.07. The van der Waals surface area contributed by atoms with Crippen LogP contribution in [0.4, 0.5) is 5.13 Å². The van der Waals surface area contributed by atoms with Crippen LogP contribution in [0.3, 0.4) is 0 Å². The topological polar surface area (TPSA) is 71.3 Å². The van der Waals surface area contributed by atoms with Gasteiger partial charge in [0.2, 0.25) is 11.0 Å². The number of carbonyl (C=O) groups excluding carboxylic acids is 1. The summed E-state index contributed by atoms with van der Waals surface area (Å²) < 4.78 is 6.00. The summed E-state index contributed by atoms with van der Waals surface area (Å²) in [5.74, 6) is 1.18. The first-order chi connectivity index (χ1) is 12.6. The van der Waals surface area contributed by atoms with Crippen LogP contribution in [-0.4, -0.2) is 33.8 Å². The van der Waals surface area contributed by atoms with Crippen molar-refractivity contribution in [1.82, 2.24) is 15.1 Å². The average Bonchev–Trinajstić information content (AvgIpc) is 3.31. The van der Waals surface area contributed by atoms with Crippen LogP contribution in [0.2, 0.25) is 5.02 Å². The minimum absolute atomic E-state index is 0.0326. The van der Waals surface area contributed by atoms with Crippen molar-refractivity contribution >= 4 is 45.7 Å². The van der Waals surface area contributed by atoms with E-state index in [9.17, 15) is 4.79 Å². The van der Waals surface area contributed by atoms with Crippen molar-refractivity contribution in [3.63, 3.8) is 0 Å². The standard InChI is InChI=1S/C17H17ClN4O2S2/c1-22(10-12-4-6-13(18)7-5-12)15(23)11-25-17-21-20-16(26-17)19-9-14-3-2-8-24-14/h2-8H,9-11H2,1H3,(H,19,20). The number of nitrogens with zero attached hydrogens (tertiary/aromatic N) is 3. The molecule has 0 radical (unpaired) electrons. The first-order valence-electron chi connectivity index (χ1n) is 7.81. The van der Waals surface area contributed by atoms with Crippen molar-refractivity contribution < 1.29 is 9.21 Å². The van der Waals surface area contributed by atoms with Crippen LogP contribution in [0.5, 0.6) is 0 Å². The maximum Gasteiger partial charge on any atom is 0.233 e. The third kappa shape index (κ3) is 5.48. The average molecular weight is 409 g/mol. The lowest BCUT2D eigenvalue weighted by molar-refractivity contribution is -0.127. The van der Waals surface area contributed by atoms with E-state index < -0.39 is 0 Å². The van der Waals surface area contributed by atoms with Crippen LogP contribution in [0.1, 0.15) is 11.3 Å². The molecule has 0 atom stereocenters. The number of hydrogen-bond donors (Lipinski definition) is 1. The number of nitrogens with one attached hydrogen (secondary N) is 1. The lowest BCUT2D eigenvalue weighted by Crippen LogP contribution is -2.27. The molecule has 136 valence electrons. The van der Waals surface area contributed by atoms with Crippen LogP contribution in [0.15, 0.2) is 51.4 Å². The summed E-state index contributed by atoms with van der Waals surface area (Å²) in [6.07, 6.45) is 1.63. The van der Waals surface area contributed by atoms with Crippen LogP contribution in [0.25, 0.3) is 0 Å². The summed E-state index contributed by atoms with van der Waals surface area (Å²) >= 11 is 8.68. The molecule has 26 heavy (non-hydrogen) atoms. The predicted octanol–water partition coefficient (Wildman–Crippen LogP) is 4.15.